The standard InChI is InChI=1S/C14H20O2.Na/c1-4-13(14(15)16)12-7-5-11(6-8-12)9-10(2)3;/h5-8,10,13H,4,9H2,1-3H3,(H,15,16);/q;+1/p-1/t13-;/m0./s1. The van der Waals surface area contributed by atoms with E-state index >= 15 is 0 Å². The molecule has 1 rings (SSSR count). The molecule has 0 aliphatic carbocycles. The smallest absolute Gasteiger partial charge is 0.549 e. The fourth-order valence-corrected chi connectivity index (χ4v) is 1.90. The summed E-state index contributed by atoms with van der Waals surface area (Å²) in [6.45, 7) is 6.20. The molecule has 0 spiro atoms. The van der Waals surface area contributed by atoms with Crippen molar-refractivity contribution in [1.29, 1.82) is 0 Å². The summed E-state index contributed by atoms with van der Waals surface area (Å²) in [5, 5.41) is 10.9. The van der Waals surface area contributed by atoms with Gasteiger partial charge in [0.05, 0.1) is 0 Å². The van der Waals surface area contributed by atoms with Gasteiger partial charge in [-0.25, -0.2) is 0 Å². The van der Waals surface area contributed by atoms with E-state index in [-0.39, 0.29) is 29.6 Å². The molecule has 0 aromatic heterocycles. The van der Waals surface area contributed by atoms with Gasteiger partial charge in [-0.15, -0.1) is 0 Å². The second-order valence-electron chi connectivity index (χ2n) is 4.62. The predicted octanol–water partition coefficient (Wildman–Crippen LogP) is -0.867. The van der Waals surface area contributed by atoms with Crippen LogP contribution in [0.25, 0.3) is 0 Å². The SMILES string of the molecule is CC[C@H](C(=O)[O-])c1ccc(CC(C)C)cc1.[Na+]. The molecule has 0 radical (unpaired) electrons. The Labute approximate surface area is 126 Å². The minimum Gasteiger partial charge on any atom is -0.549 e. The molecular weight excluding hydrogens is 223 g/mol. The van der Waals surface area contributed by atoms with E-state index in [0.29, 0.717) is 12.3 Å². The normalized spacial score (nSPS) is 12.0. The Bertz CT molecular complexity index is 344. The summed E-state index contributed by atoms with van der Waals surface area (Å²) in [5.41, 5.74) is 2.10. The summed E-state index contributed by atoms with van der Waals surface area (Å²) in [5.74, 6) is -0.846. The second kappa shape index (κ2) is 7.91. The van der Waals surface area contributed by atoms with Gasteiger partial charge >= 0.3 is 29.6 Å². The van der Waals surface area contributed by atoms with Crippen LogP contribution in [0.5, 0.6) is 0 Å². The molecule has 88 valence electrons. The van der Waals surface area contributed by atoms with Crippen LogP contribution in [0.4, 0.5) is 0 Å². The Kier molecular flexibility index (Phi) is 7.77. The van der Waals surface area contributed by atoms with Gasteiger partial charge in [-0.1, -0.05) is 45.0 Å². The summed E-state index contributed by atoms with van der Waals surface area (Å²) in [6, 6.07) is 7.84. The molecule has 0 amide bonds. The molecule has 1 atom stereocenters. The largest absolute Gasteiger partial charge is 1.00 e. The number of hydrogen-bond acceptors (Lipinski definition) is 2. The number of hydrogen-bond donors (Lipinski definition) is 0. The van der Waals surface area contributed by atoms with Crippen LogP contribution in [0, 0.1) is 5.92 Å². The van der Waals surface area contributed by atoms with Crippen molar-refractivity contribution in [2.45, 2.75) is 39.5 Å². The Morgan fingerprint density at radius 3 is 2.12 bits per heavy atom. The van der Waals surface area contributed by atoms with Gasteiger partial charge in [0.1, 0.15) is 0 Å². The first-order chi connectivity index (χ1) is 7.54. The van der Waals surface area contributed by atoms with E-state index < -0.39 is 11.9 Å². The molecule has 0 saturated heterocycles. The molecule has 0 N–H and O–H groups in total. The molecule has 17 heavy (non-hydrogen) atoms. The monoisotopic (exact) mass is 242 g/mol. The van der Waals surface area contributed by atoms with Crippen molar-refractivity contribution in [2.75, 3.05) is 0 Å². The zero-order valence-corrected chi connectivity index (χ0v) is 13.2. The molecule has 0 bridgehead atoms. The van der Waals surface area contributed by atoms with Gasteiger partial charge in [0.25, 0.3) is 0 Å². The van der Waals surface area contributed by atoms with E-state index in [0.717, 1.165) is 12.0 Å². The van der Waals surface area contributed by atoms with Gasteiger partial charge in [-0.05, 0) is 29.9 Å². The first-order valence-electron chi connectivity index (χ1n) is 5.84. The van der Waals surface area contributed by atoms with Crippen molar-refractivity contribution in [3.8, 4) is 0 Å². The van der Waals surface area contributed by atoms with E-state index in [2.05, 4.69) is 13.8 Å². The summed E-state index contributed by atoms with van der Waals surface area (Å²) in [4.78, 5) is 10.9. The van der Waals surface area contributed by atoms with Gasteiger partial charge in [-0.3, -0.25) is 0 Å². The Morgan fingerprint density at radius 2 is 1.76 bits per heavy atom. The van der Waals surface area contributed by atoms with E-state index in [1.165, 1.54) is 5.56 Å². The van der Waals surface area contributed by atoms with Crippen molar-refractivity contribution in [1.82, 2.24) is 0 Å². The Balaban J connectivity index is 0.00000256. The first kappa shape index (κ1) is 16.7. The topological polar surface area (TPSA) is 40.1 Å². The van der Waals surface area contributed by atoms with Crippen molar-refractivity contribution in [3.05, 3.63) is 35.4 Å². The average Bonchev–Trinajstić information content (AvgIpc) is 2.20. The number of aliphatic carboxylic acids is 1. The molecule has 0 heterocycles. The van der Waals surface area contributed by atoms with Crippen molar-refractivity contribution >= 4 is 5.97 Å². The maximum Gasteiger partial charge on any atom is 1.00 e. The van der Waals surface area contributed by atoms with Crippen LogP contribution in [-0.4, -0.2) is 5.97 Å². The van der Waals surface area contributed by atoms with Crippen LogP contribution < -0.4 is 34.7 Å². The molecule has 0 aliphatic rings. The second-order valence-corrected chi connectivity index (χ2v) is 4.62. The molecule has 0 aliphatic heterocycles. The van der Waals surface area contributed by atoms with Crippen molar-refractivity contribution < 1.29 is 39.5 Å². The number of carbonyl (C=O) groups excluding carboxylic acids is 1. The molecule has 1 aromatic carbocycles. The van der Waals surface area contributed by atoms with Crippen LogP contribution in [0.15, 0.2) is 24.3 Å². The first-order valence-corrected chi connectivity index (χ1v) is 5.84. The fourth-order valence-electron chi connectivity index (χ4n) is 1.90. The third-order valence-electron chi connectivity index (χ3n) is 2.72. The van der Waals surface area contributed by atoms with Crippen LogP contribution in [0.3, 0.4) is 0 Å². The van der Waals surface area contributed by atoms with Crippen molar-refractivity contribution in [3.63, 3.8) is 0 Å². The van der Waals surface area contributed by atoms with E-state index in [9.17, 15) is 9.90 Å². The summed E-state index contributed by atoms with van der Waals surface area (Å²) in [6.07, 6.45) is 1.61. The molecular formula is C14H19NaO2. The maximum absolute atomic E-state index is 10.9. The molecule has 3 heteroatoms. The molecule has 1 aromatic rings. The van der Waals surface area contributed by atoms with Crippen LogP contribution in [-0.2, 0) is 11.2 Å². The number of benzene rings is 1. The van der Waals surface area contributed by atoms with Crippen LogP contribution in [0.1, 0.15) is 44.2 Å². The number of rotatable bonds is 5. The number of carbonyl (C=O) groups is 1. The zero-order chi connectivity index (χ0) is 12.1. The Morgan fingerprint density at radius 1 is 1.24 bits per heavy atom. The minimum absolute atomic E-state index is 0. The third-order valence-corrected chi connectivity index (χ3v) is 2.72. The third kappa shape index (κ3) is 5.24. The number of carboxylic acid groups (broad SMARTS) is 1. The van der Waals surface area contributed by atoms with Gasteiger partial charge < -0.3 is 9.90 Å². The number of carboxylic acids is 1. The molecule has 0 fully saturated rings. The minimum atomic E-state index is -0.987. The fraction of sp³-hybridized carbons (Fsp3) is 0.500. The zero-order valence-electron chi connectivity index (χ0n) is 11.2. The average molecular weight is 242 g/mol. The van der Waals surface area contributed by atoms with E-state index in [4.69, 9.17) is 0 Å². The van der Waals surface area contributed by atoms with Crippen LogP contribution >= 0.6 is 0 Å². The van der Waals surface area contributed by atoms with E-state index in [1.54, 1.807) is 0 Å². The summed E-state index contributed by atoms with van der Waals surface area (Å²) < 4.78 is 0. The predicted molar refractivity (Wildman–Crippen MR) is 63.0 cm³/mol. The van der Waals surface area contributed by atoms with Gasteiger partial charge in [0, 0.05) is 11.9 Å². The summed E-state index contributed by atoms with van der Waals surface area (Å²) in [7, 11) is 0. The molecule has 0 unspecified atom stereocenters. The Hall–Kier alpha value is -0.310. The van der Waals surface area contributed by atoms with Crippen LogP contribution in [0.2, 0.25) is 0 Å². The van der Waals surface area contributed by atoms with Gasteiger partial charge in [0.15, 0.2) is 0 Å². The maximum atomic E-state index is 10.9. The van der Waals surface area contributed by atoms with Gasteiger partial charge in [-0.2, -0.15) is 0 Å². The quantitative estimate of drug-likeness (QED) is 0.630. The van der Waals surface area contributed by atoms with E-state index in [1.807, 2.05) is 31.2 Å². The van der Waals surface area contributed by atoms with Crippen molar-refractivity contribution in [2.24, 2.45) is 5.92 Å². The van der Waals surface area contributed by atoms with Gasteiger partial charge in [0.2, 0.25) is 0 Å². The molecule has 0 saturated carbocycles. The summed E-state index contributed by atoms with van der Waals surface area (Å²) >= 11 is 0. The molecule has 2 nitrogen and oxygen atoms in total.